The second kappa shape index (κ2) is 2.53. The third-order valence-corrected chi connectivity index (χ3v) is 2.27. The first-order valence-electron chi connectivity index (χ1n) is 4.01. The van der Waals surface area contributed by atoms with Gasteiger partial charge >= 0.3 is 0 Å². The minimum absolute atomic E-state index is 0.0566. The molecule has 0 aliphatic heterocycles. The first-order chi connectivity index (χ1) is 6.13. The lowest BCUT2D eigenvalue weighted by atomic mass is 10.1. The molecule has 1 saturated carbocycles. The van der Waals surface area contributed by atoms with Gasteiger partial charge in [0.2, 0.25) is 0 Å². The molecule has 1 nitrogen and oxygen atoms in total. The van der Waals surface area contributed by atoms with Gasteiger partial charge in [-0.15, -0.1) is 0 Å². The first-order valence-corrected chi connectivity index (χ1v) is 4.01. The molecule has 13 heavy (non-hydrogen) atoms. The van der Waals surface area contributed by atoms with Crippen LogP contribution in [0.15, 0.2) is 24.3 Å². The van der Waals surface area contributed by atoms with Crippen LogP contribution in [0.1, 0.15) is 23.5 Å². The standard InChI is InChI=1S/C10H7F2N/c11-10(12)5-9(10)8-3-1-7(6-13)2-4-8/h1-4,9H,5H2. The van der Waals surface area contributed by atoms with E-state index in [-0.39, 0.29) is 6.42 Å². The maximum Gasteiger partial charge on any atom is 0.255 e. The molecular weight excluding hydrogens is 172 g/mol. The van der Waals surface area contributed by atoms with Crippen LogP contribution in [-0.4, -0.2) is 5.92 Å². The summed E-state index contributed by atoms with van der Waals surface area (Å²) < 4.78 is 25.2. The number of halogens is 2. The van der Waals surface area contributed by atoms with Crippen molar-refractivity contribution in [2.24, 2.45) is 0 Å². The summed E-state index contributed by atoms with van der Waals surface area (Å²) in [6.45, 7) is 0. The van der Waals surface area contributed by atoms with E-state index in [4.69, 9.17) is 5.26 Å². The quantitative estimate of drug-likeness (QED) is 0.650. The number of hydrogen-bond acceptors (Lipinski definition) is 1. The van der Waals surface area contributed by atoms with Crippen LogP contribution < -0.4 is 0 Å². The third-order valence-electron chi connectivity index (χ3n) is 2.27. The van der Waals surface area contributed by atoms with E-state index in [1.807, 2.05) is 6.07 Å². The average Bonchev–Trinajstić information content (AvgIpc) is 2.76. The molecule has 0 heterocycles. The van der Waals surface area contributed by atoms with E-state index in [0.29, 0.717) is 11.1 Å². The molecule has 1 aromatic rings. The number of alkyl halides is 2. The summed E-state index contributed by atoms with van der Waals surface area (Å²) in [4.78, 5) is 0. The summed E-state index contributed by atoms with van der Waals surface area (Å²) in [6, 6.07) is 8.30. The molecule has 0 N–H and O–H groups in total. The monoisotopic (exact) mass is 179 g/mol. The van der Waals surface area contributed by atoms with Crippen molar-refractivity contribution in [1.29, 1.82) is 5.26 Å². The van der Waals surface area contributed by atoms with Crippen LogP contribution >= 0.6 is 0 Å². The van der Waals surface area contributed by atoms with Crippen molar-refractivity contribution in [3.8, 4) is 6.07 Å². The highest BCUT2D eigenvalue weighted by Crippen LogP contribution is 2.55. The fourth-order valence-corrected chi connectivity index (χ4v) is 1.36. The normalized spacial score (nSPS) is 23.6. The minimum atomic E-state index is -2.52. The van der Waals surface area contributed by atoms with Crippen LogP contribution in [0.4, 0.5) is 8.78 Å². The van der Waals surface area contributed by atoms with Gasteiger partial charge in [-0.2, -0.15) is 5.26 Å². The van der Waals surface area contributed by atoms with Gasteiger partial charge in [0, 0.05) is 6.42 Å². The Morgan fingerprint density at radius 3 is 2.23 bits per heavy atom. The molecule has 0 radical (unpaired) electrons. The zero-order valence-electron chi connectivity index (χ0n) is 6.80. The van der Waals surface area contributed by atoms with E-state index in [0.717, 1.165) is 0 Å². The third kappa shape index (κ3) is 1.40. The number of hydrogen-bond donors (Lipinski definition) is 0. The van der Waals surface area contributed by atoms with Crippen molar-refractivity contribution in [3.63, 3.8) is 0 Å². The highest BCUT2D eigenvalue weighted by molar-refractivity contribution is 5.36. The molecule has 1 atom stereocenters. The van der Waals surface area contributed by atoms with Crippen molar-refractivity contribution >= 4 is 0 Å². The molecule has 0 bridgehead atoms. The zero-order valence-corrected chi connectivity index (χ0v) is 6.80. The van der Waals surface area contributed by atoms with Crippen LogP contribution in [0, 0.1) is 11.3 Å². The van der Waals surface area contributed by atoms with Crippen LogP contribution in [0.5, 0.6) is 0 Å². The molecule has 0 saturated heterocycles. The summed E-state index contributed by atoms with van der Waals surface area (Å²) in [5.41, 5.74) is 1.14. The van der Waals surface area contributed by atoms with Gasteiger partial charge in [-0.05, 0) is 17.7 Å². The number of benzene rings is 1. The molecule has 66 valence electrons. The van der Waals surface area contributed by atoms with Crippen LogP contribution in [0.3, 0.4) is 0 Å². The van der Waals surface area contributed by atoms with Gasteiger partial charge in [0.1, 0.15) is 0 Å². The summed E-state index contributed by atoms with van der Waals surface area (Å²) in [6.07, 6.45) is -0.0566. The Labute approximate surface area is 74.6 Å². The number of nitrogens with zero attached hydrogens (tertiary/aromatic N) is 1. The molecule has 1 aliphatic carbocycles. The van der Waals surface area contributed by atoms with Crippen LogP contribution in [-0.2, 0) is 0 Å². The Morgan fingerprint density at radius 2 is 1.85 bits per heavy atom. The van der Waals surface area contributed by atoms with E-state index in [1.165, 1.54) is 0 Å². The second-order valence-corrected chi connectivity index (χ2v) is 3.25. The number of rotatable bonds is 1. The summed E-state index contributed by atoms with van der Waals surface area (Å²) >= 11 is 0. The van der Waals surface area contributed by atoms with Crippen molar-refractivity contribution in [1.82, 2.24) is 0 Å². The van der Waals surface area contributed by atoms with Crippen molar-refractivity contribution in [3.05, 3.63) is 35.4 Å². The van der Waals surface area contributed by atoms with E-state index in [2.05, 4.69) is 0 Å². The van der Waals surface area contributed by atoms with Crippen LogP contribution in [0.25, 0.3) is 0 Å². The molecule has 0 amide bonds. The Morgan fingerprint density at radius 1 is 1.31 bits per heavy atom. The highest BCUT2D eigenvalue weighted by atomic mass is 19.3. The van der Waals surface area contributed by atoms with Gasteiger partial charge in [-0.3, -0.25) is 0 Å². The van der Waals surface area contributed by atoms with E-state index in [1.54, 1.807) is 24.3 Å². The molecule has 1 aliphatic rings. The van der Waals surface area contributed by atoms with E-state index >= 15 is 0 Å². The number of nitriles is 1. The highest BCUT2D eigenvalue weighted by Gasteiger charge is 2.57. The van der Waals surface area contributed by atoms with Gasteiger partial charge < -0.3 is 0 Å². The Bertz CT molecular complexity index is 362. The topological polar surface area (TPSA) is 23.8 Å². The molecule has 0 spiro atoms. The molecule has 1 unspecified atom stereocenters. The fraction of sp³-hybridized carbons (Fsp3) is 0.300. The smallest absolute Gasteiger partial charge is 0.206 e. The minimum Gasteiger partial charge on any atom is -0.206 e. The summed E-state index contributed by atoms with van der Waals surface area (Å²) in [5, 5.41) is 8.49. The van der Waals surface area contributed by atoms with Gasteiger partial charge in [0.15, 0.2) is 0 Å². The molecule has 1 aromatic carbocycles. The van der Waals surface area contributed by atoms with E-state index < -0.39 is 11.8 Å². The zero-order chi connectivity index (χ0) is 9.47. The molecule has 0 aromatic heterocycles. The largest absolute Gasteiger partial charge is 0.255 e. The molecule has 3 heteroatoms. The molecule has 1 fully saturated rings. The van der Waals surface area contributed by atoms with Crippen molar-refractivity contribution < 1.29 is 8.78 Å². The maximum absolute atomic E-state index is 12.6. The van der Waals surface area contributed by atoms with Gasteiger partial charge in [0.25, 0.3) is 5.92 Å². The lowest BCUT2D eigenvalue weighted by Crippen LogP contribution is -1.92. The van der Waals surface area contributed by atoms with Gasteiger partial charge in [-0.25, -0.2) is 8.78 Å². The molecular formula is C10H7F2N. The average molecular weight is 179 g/mol. The van der Waals surface area contributed by atoms with Gasteiger partial charge in [0.05, 0.1) is 17.6 Å². The lowest BCUT2D eigenvalue weighted by Gasteiger charge is -1.98. The van der Waals surface area contributed by atoms with Crippen molar-refractivity contribution in [2.75, 3.05) is 0 Å². The predicted octanol–water partition coefficient (Wildman–Crippen LogP) is 2.68. The summed E-state index contributed by atoms with van der Waals surface area (Å²) in [5.74, 6) is -3.14. The summed E-state index contributed by atoms with van der Waals surface area (Å²) in [7, 11) is 0. The Kier molecular flexibility index (Phi) is 1.59. The fourth-order valence-electron chi connectivity index (χ4n) is 1.36. The van der Waals surface area contributed by atoms with Crippen LogP contribution in [0.2, 0.25) is 0 Å². The Balaban J connectivity index is 2.22. The first kappa shape index (κ1) is 8.18. The maximum atomic E-state index is 12.6. The lowest BCUT2D eigenvalue weighted by molar-refractivity contribution is 0.112. The SMILES string of the molecule is N#Cc1ccc(C2CC2(F)F)cc1. The van der Waals surface area contributed by atoms with E-state index in [9.17, 15) is 8.78 Å². The van der Waals surface area contributed by atoms with Crippen molar-refractivity contribution in [2.45, 2.75) is 18.3 Å². The van der Waals surface area contributed by atoms with Gasteiger partial charge in [-0.1, -0.05) is 12.1 Å². The predicted molar refractivity (Wildman–Crippen MR) is 43.5 cm³/mol. The molecule has 2 rings (SSSR count). The Hall–Kier alpha value is -1.43. The second-order valence-electron chi connectivity index (χ2n) is 3.25.